The Morgan fingerprint density at radius 2 is 2.19 bits per heavy atom. The summed E-state index contributed by atoms with van der Waals surface area (Å²) < 4.78 is 24.8. The zero-order valence-corrected chi connectivity index (χ0v) is 14.7. The van der Waals surface area contributed by atoms with Crippen molar-refractivity contribution in [2.24, 2.45) is 0 Å². The summed E-state index contributed by atoms with van der Waals surface area (Å²) in [6.45, 7) is 2.50. The Labute approximate surface area is 155 Å². The van der Waals surface area contributed by atoms with Gasteiger partial charge in [-0.05, 0) is 44.0 Å². The number of hydrogen-bond acceptors (Lipinski definition) is 5. The number of aromatic carboxylic acids is 1. The molecule has 0 radical (unpaired) electrons. The number of nitrogens with zero attached hydrogens (tertiary/aromatic N) is 1. The number of aryl methyl sites for hydroxylation is 1. The van der Waals surface area contributed by atoms with E-state index in [2.05, 4.69) is 10.3 Å². The van der Waals surface area contributed by atoms with Crippen LogP contribution in [-0.4, -0.2) is 41.3 Å². The highest BCUT2D eigenvalue weighted by Crippen LogP contribution is 2.27. The number of nitrogens with one attached hydrogen (secondary N) is 1. The first kappa shape index (κ1) is 18.8. The molecule has 1 aromatic heterocycles. The molecular weight excluding hydrogens is 355 g/mol. The molecule has 8 heteroatoms. The summed E-state index contributed by atoms with van der Waals surface area (Å²) in [4.78, 5) is 27.5. The Balaban J connectivity index is 1.75. The molecule has 1 atom stereocenters. The van der Waals surface area contributed by atoms with E-state index in [0.717, 1.165) is 18.9 Å². The second-order valence-electron chi connectivity index (χ2n) is 6.18. The molecule has 142 valence electrons. The number of halogens is 1. The molecule has 1 aliphatic heterocycles. The molecule has 2 heterocycles. The standard InChI is InChI=1S/C19H19FN2O5/c1-11-14(19(24)25)5-6-15(21-11)18(23)22-16-9-12(20)4-7-17(16)27-10-13-3-2-8-26-13/h4-7,9,13H,2-3,8,10H2,1H3,(H,22,23)(H,24,25). The van der Waals surface area contributed by atoms with Crippen LogP contribution in [0.4, 0.5) is 10.1 Å². The summed E-state index contributed by atoms with van der Waals surface area (Å²) in [5, 5.41) is 11.6. The zero-order valence-electron chi connectivity index (χ0n) is 14.7. The minimum absolute atomic E-state index is 0.0119. The lowest BCUT2D eigenvalue weighted by Crippen LogP contribution is -2.19. The first-order valence-electron chi connectivity index (χ1n) is 8.50. The smallest absolute Gasteiger partial charge is 0.337 e. The molecule has 1 unspecified atom stereocenters. The fraction of sp³-hybridized carbons (Fsp3) is 0.316. The minimum atomic E-state index is -1.12. The van der Waals surface area contributed by atoms with Gasteiger partial charge in [0, 0.05) is 12.7 Å². The van der Waals surface area contributed by atoms with Gasteiger partial charge in [-0.1, -0.05) is 0 Å². The van der Waals surface area contributed by atoms with E-state index >= 15 is 0 Å². The molecule has 0 saturated carbocycles. The second-order valence-corrected chi connectivity index (χ2v) is 6.18. The fourth-order valence-electron chi connectivity index (χ4n) is 2.78. The van der Waals surface area contributed by atoms with E-state index in [0.29, 0.717) is 19.0 Å². The summed E-state index contributed by atoms with van der Waals surface area (Å²) >= 11 is 0. The number of hydrogen-bond donors (Lipinski definition) is 2. The number of carboxylic acid groups (broad SMARTS) is 1. The number of carbonyl (C=O) groups is 2. The SMILES string of the molecule is Cc1nc(C(=O)Nc2cc(F)ccc2OCC2CCCO2)ccc1C(=O)O. The van der Waals surface area contributed by atoms with Crippen molar-refractivity contribution in [1.82, 2.24) is 4.98 Å². The number of benzene rings is 1. The summed E-state index contributed by atoms with van der Waals surface area (Å²) in [6, 6.07) is 6.44. The molecule has 0 spiro atoms. The van der Waals surface area contributed by atoms with E-state index in [9.17, 15) is 14.0 Å². The summed E-state index contributed by atoms with van der Waals surface area (Å²) in [5.74, 6) is -1.93. The van der Waals surface area contributed by atoms with Gasteiger partial charge in [-0.15, -0.1) is 0 Å². The monoisotopic (exact) mass is 374 g/mol. The average Bonchev–Trinajstić information content (AvgIpc) is 3.14. The van der Waals surface area contributed by atoms with Gasteiger partial charge in [0.25, 0.3) is 5.91 Å². The van der Waals surface area contributed by atoms with Crippen LogP contribution in [0.5, 0.6) is 5.75 Å². The van der Waals surface area contributed by atoms with Crippen molar-refractivity contribution in [2.75, 3.05) is 18.5 Å². The van der Waals surface area contributed by atoms with E-state index in [1.807, 2.05) is 0 Å². The highest BCUT2D eigenvalue weighted by atomic mass is 19.1. The van der Waals surface area contributed by atoms with Gasteiger partial charge in [0.15, 0.2) is 0 Å². The topological polar surface area (TPSA) is 97.8 Å². The van der Waals surface area contributed by atoms with Crippen molar-refractivity contribution in [3.8, 4) is 5.75 Å². The molecule has 2 aromatic rings. The van der Waals surface area contributed by atoms with Crippen LogP contribution in [0.1, 0.15) is 39.4 Å². The zero-order chi connectivity index (χ0) is 19.4. The van der Waals surface area contributed by atoms with Crippen LogP contribution in [0.2, 0.25) is 0 Å². The normalized spacial score (nSPS) is 16.1. The van der Waals surface area contributed by atoms with Crippen molar-refractivity contribution in [2.45, 2.75) is 25.9 Å². The highest BCUT2D eigenvalue weighted by Gasteiger charge is 2.19. The average molecular weight is 374 g/mol. The van der Waals surface area contributed by atoms with Crippen LogP contribution in [0.3, 0.4) is 0 Å². The van der Waals surface area contributed by atoms with Crippen molar-refractivity contribution in [3.63, 3.8) is 0 Å². The molecule has 1 fully saturated rings. The number of ether oxygens (including phenoxy) is 2. The van der Waals surface area contributed by atoms with Crippen LogP contribution in [0.15, 0.2) is 30.3 Å². The molecule has 1 amide bonds. The number of pyridine rings is 1. The van der Waals surface area contributed by atoms with Gasteiger partial charge in [0.2, 0.25) is 0 Å². The maximum atomic E-state index is 13.6. The molecule has 1 aromatic carbocycles. The Kier molecular flexibility index (Phi) is 5.66. The van der Waals surface area contributed by atoms with Gasteiger partial charge in [0.05, 0.1) is 23.0 Å². The van der Waals surface area contributed by atoms with E-state index < -0.39 is 17.7 Å². The number of carboxylic acids is 1. The van der Waals surface area contributed by atoms with Crippen LogP contribution in [-0.2, 0) is 4.74 Å². The predicted molar refractivity (Wildman–Crippen MR) is 94.8 cm³/mol. The number of amides is 1. The van der Waals surface area contributed by atoms with E-state index in [1.165, 1.54) is 31.2 Å². The molecule has 0 aliphatic carbocycles. The molecule has 0 bridgehead atoms. The lowest BCUT2D eigenvalue weighted by atomic mass is 10.2. The molecule has 3 rings (SSSR count). The maximum Gasteiger partial charge on any atom is 0.337 e. The van der Waals surface area contributed by atoms with Crippen LogP contribution < -0.4 is 10.1 Å². The van der Waals surface area contributed by atoms with Gasteiger partial charge in [-0.25, -0.2) is 14.2 Å². The van der Waals surface area contributed by atoms with Crippen LogP contribution in [0, 0.1) is 12.7 Å². The summed E-state index contributed by atoms with van der Waals surface area (Å²) in [5.41, 5.74) is 0.411. The van der Waals surface area contributed by atoms with Crippen molar-refractivity contribution < 1.29 is 28.6 Å². The second kappa shape index (κ2) is 8.13. The van der Waals surface area contributed by atoms with Gasteiger partial charge < -0.3 is 19.9 Å². The first-order valence-corrected chi connectivity index (χ1v) is 8.50. The number of carbonyl (C=O) groups excluding carboxylic acids is 1. The molecule has 27 heavy (non-hydrogen) atoms. The molecular formula is C19H19FN2O5. The van der Waals surface area contributed by atoms with Crippen molar-refractivity contribution in [1.29, 1.82) is 0 Å². The Hall–Kier alpha value is -3.00. The Morgan fingerprint density at radius 1 is 1.37 bits per heavy atom. The third-order valence-electron chi connectivity index (χ3n) is 4.19. The fourth-order valence-corrected chi connectivity index (χ4v) is 2.78. The quantitative estimate of drug-likeness (QED) is 0.807. The Morgan fingerprint density at radius 3 is 2.85 bits per heavy atom. The molecule has 1 aliphatic rings. The largest absolute Gasteiger partial charge is 0.489 e. The maximum absolute atomic E-state index is 13.6. The number of anilines is 1. The van der Waals surface area contributed by atoms with Gasteiger partial charge in [-0.2, -0.15) is 0 Å². The van der Waals surface area contributed by atoms with E-state index in [1.54, 1.807) is 0 Å². The minimum Gasteiger partial charge on any atom is -0.489 e. The summed E-state index contributed by atoms with van der Waals surface area (Å²) in [7, 11) is 0. The lowest BCUT2D eigenvalue weighted by Gasteiger charge is -2.15. The van der Waals surface area contributed by atoms with E-state index in [4.69, 9.17) is 14.6 Å². The number of aromatic nitrogens is 1. The predicted octanol–water partition coefficient (Wildman–Crippen LogP) is 3.04. The lowest BCUT2D eigenvalue weighted by molar-refractivity contribution is 0.0681. The first-order chi connectivity index (χ1) is 12.9. The van der Waals surface area contributed by atoms with Crippen molar-refractivity contribution >= 4 is 17.6 Å². The molecule has 2 N–H and O–H groups in total. The number of rotatable bonds is 6. The van der Waals surface area contributed by atoms with Crippen molar-refractivity contribution in [3.05, 3.63) is 53.1 Å². The highest BCUT2D eigenvalue weighted by molar-refractivity contribution is 6.04. The van der Waals surface area contributed by atoms with Gasteiger partial charge in [-0.3, -0.25) is 4.79 Å². The van der Waals surface area contributed by atoms with E-state index in [-0.39, 0.29) is 28.7 Å². The third-order valence-corrected chi connectivity index (χ3v) is 4.19. The van der Waals surface area contributed by atoms with Gasteiger partial charge >= 0.3 is 5.97 Å². The summed E-state index contributed by atoms with van der Waals surface area (Å²) in [6.07, 6.45) is 1.84. The molecule has 7 nitrogen and oxygen atoms in total. The molecule has 1 saturated heterocycles. The van der Waals surface area contributed by atoms with Crippen LogP contribution >= 0.6 is 0 Å². The third kappa shape index (κ3) is 4.59. The van der Waals surface area contributed by atoms with Crippen LogP contribution in [0.25, 0.3) is 0 Å². The Bertz CT molecular complexity index is 865. The van der Waals surface area contributed by atoms with Gasteiger partial charge in [0.1, 0.15) is 23.9 Å².